The number of rotatable bonds is 8. The van der Waals surface area contributed by atoms with Crippen LogP contribution in [0, 0.1) is 0 Å². The van der Waals surface area contributed by atoms with Crippen LogP contribution in [0.4, 0.5) is 5.69 Å². The maximum absolute atomic E-state index is 13.2. The zero-order valence-electron chi connectivity index (χ0n) is 17.9. The number of benzene rings is 3. The van der Waals surface area contributed by atoms with Gasteiger partial charge in [0.15, 0.2) is 5.16 Å². The summed E-state index contributed by atoms with van der Waals surface area (Å²) in [6.07, 6.45) is 0.639. The number of carbonyl (C=O) groups is 2. The topological polar surface area (TPSA) is 101 Å². The van der Waals surface area contributed by atoms with Gasteiger partial charge in [-0.2, -0.15) is 0 Å². The Kier molecular flexibility index (Phi) is 7.44. The SMILES string of the molecule is O=C(CSc1nc2ccccc2c(=O)n1CCc1ccccc1)Nc1cc(Br)ccc1C(=O)O. The first-order valence-corrected chi connectivity index (χ1v) is 12.2. The third kappa shape index (κ3) is 5.55. The summed E-state index contributed by atoms with van der Waals surface area (Å²) in [6, 6.07) is 21.5. The van der Waals surface area contributed by atoms with Gasteiger partial charge in [-0.3, -0.25) is 14.2 Å². The van der Waals surface area contributed by atoms with E-state index in [1.54, 1.807) is 28.8 Å². The van der Waals surface area contributed by atoms with E-state index in [4.69, 9.17) is 0 Å². The average Bonchev–Trinajstić information content (AvgIpc) is 2.83. The molecule has 0 aliphatic carbocycles. The smallest absolute Gasteiger partial charge is 0.337 e. The fraction of sp³-hybridized carbons (Fsp3) is 0.120. The second-order valence-electron chi connectivity index (χ2n) is 7.44. The van der Waals surface area contributed by atoms with Gasteiger partial charge in [0.05, 0.1) is 27.9 Å². The van der Waals surface area contributed by atoms with Crippen molar-refractivity contribution in [3.63, 3.8) is 0 Å². The van der Waals surface area contributed by atoms with Crippen LogP contribution >= 0.6 is 27.7 Å². The first-order chi connectivity index (χ1) is 16.4. The second kappa shape index (κ2) is 10.7. The summed E-state index contributed by atoms with van der Waals surface area (Å²) in [7, 11) is 0. The van der Waals surface area contributed by atoms with Gasteiger partial charge in [0.2, 0.25) is 5.91 Å². The summed E-state index contributed by atoms with van der Waals surface area (Å²) in [6.45, 7) is 0.416. The van der Waals surface area contributed by atoms with Crippen LogP contribution in [-0.2, 0) is 17.8 Å². The van der Waals surface area contributed by atoms with Gasteiger partial charge in [-0.15, -0.1) is 0 Å². The number of aromatic carboxylic acids is 1. The van der Waals surface area contributed by atoms with E-state index in [-0.39, 0.29) is 22.6 Å². The van der Waals surface area contributed by atoms with E-state index in [0.29, 0.717) is 33.5 Å². The lowest BCUT2D eigenvalue weighted by atomic mass is 10.1. The summed E-state index contributed by atoms with van der Waals surface area (Å²) in [5.74, 6) is -1.58. The molecule has 1 amide bonds. The van der Waals surface area contributed by atoms with Crippen molar-refractivity contribution in [2.75, 3.05) is 11.1 Å². The number of hydrogen-bond donors (Lipinski definition) is 2. The van der Waals surface area contributed by atoms with Gasteiger partial charge in [-0.1, -0.05) is 70.2 Å². The predicted octanol–water partition coefficient (Wildman–Crippen LogP) is 4.83. The Labute approximate surface area is 208 Å². The minimum Gasteiger partial charge on any atom is -0.478 e. The summed E-state index contributed by atoms with van der Waals surface area (Å²) in [5.41, 5.74) is 1.67. The zero-order valence-corrected chi connectivity index (χ0v) is 20.3. The number of fused-ring (bicyclic) bond motifs is 1. The Balaban J connectivity index is 1.57. The number of nitrogens with zero attached hydrogens (tertiary/aromatic N) is 2. The van der Waals surface area contributed by atoms with Gasteiger partial charge in [0.1, 0.15) is 0 Å². The molecule has 4 aromatic rings. The third-order valence-corrected chi connectivity index (χ3v) is 6.58. The molecule has 34 heavy (non-hydrogen) atoms. The molecule has 3 aromatic carbocycles. The van der Waals surface area contributed by atoms with Crippen LogP contribution in [0.5, 0.6) is 0 Å². The second-order valence-corrected chi connectivity index (χ2v) is 9.29. The van der Waals surface area contributed by atoms with Crippen LogP contribution in [0.3, 0.4) is 0 Å². The first-order valence-electron chi connectivity index (χ1n) is 10.4. The molecule has 0 aliphatic rings. The minimum atomic E-state index is -1.14. The number of carboxylic acids is 1. The highest BCUT2D eigenvalue weighted by Gasteiger charge is 2.16. The summed E-state index contributed by atoms with van der Waals surface area (Å²) in [4.78, 5) is 42.0. The number of aromatic nitrogens is 2. The van der Waals surface area contributed by atoms with Crippen molar-refractivity contribution in [1.82, 2.24) is 9.55 Å². The molecule has 0 saturated carbocycles. The lowest BCUT2D eigenvalue weighted by Crippen LogP contribution is -2.25. The summed E-state index contributed by atoms with van der Waals surface area (Å²) < 4.78 is 2.24. The number of anilines is 1. The zero-order chi connectivity index (χ0) is 24.1. The molecule has 0 bridgehead atoms. The highest BCUT2D eigenvalue weighted by molar-refractivity contribution is 9.10. The van der Waals surface area contributed by atoms with Gasteiger partial charge in [-0.25, -0.2) is 9.78 Å². The van der Waals surface area contributed by atoms with E-state index in [1.165, 1.54) is 12.1 Å². The molecule has 0 radical (unpaired) electrons. The van der Waals surface area contributed by atoms with Gasteiger partial charge >= 0.3 is 5.97 Å². The standard InChI is InChI=1S/C25H20BrN3O4S/c26-17-10-11-19(24(32)33)21(14-17)27-22(30)15-34-25-28-20-9-5-4-8-18(20)23(31)29(25)13-12-16-6-2-1-3-7-16/h1-11,14H,12-13,15H2,(H,27,30)(H,32,33). The van der Waals surface area contributed by atoms with Crippen LogP contribution in [-0.4, -0.2) is 32.3 Å². The molecule has 2 N–H and O–H groups in total. The Morgan fingerprint density at radius 3 is 2.53 bits per heavy atom. The number of nitrogens with one attached hydrogen (secondary N) is 1. The molecule has 9 heteroatoms. The number of halogens is 1. The third-order valence-electron chi connectivity index (χ3n) is 5.11. The van der Waals surface area contributed by atoms with E-state index < -0.39 is 11.9 Å². The average molecular weight is 538 g/mol. The molecule has 0 aliphatic heterocycles. The van der Waals surface area contributed by atoms with E-state index in [9.17, 15) is 19.5 Å². The maximum atomic E-state index is 13.2. The minimum absolute atomic E-state index is 0.00912. The number of para-hydroxylation sites is 1. The molecule has 0 fully saturated rings. The lowest BCUT2D eigenvalue weighted by Gasteiger charge is -2.14. The molecular formula is C25H20BrN3O4S. The molecule has 0 spiro atoms. The fourth-order valence-electron chi connectivity index (χ4n) is 3.46. The van der Waals surface area contributed by atoms with E-state index in [2.05, 4.69) is 26.2 Å². The largest absolute Gasteiger partial charge is 0.478 e. The Bertz CT molecular complexity index is 1420. The molecule has 0 atom stereocenters. The fourth-order valence-corrected chi connectivity index (χ4v) is 4.65. The van der Waals surface area contributed by atoms with Crippen molar-refractivity contribution in [3.8, 4) is 0 Å². The Hall–Kier alpha value is -3.43. The van der Waals surface area contributed by atoms with E-state index in [0.717, 1.165) is 17.3 Å². The van der Waals surface area contributed by atoms with Crippen LogP contribution in [0.25, 0.3) is 10.9 Å². The van der Waals surface area contributed by atoms with Crippen LogP contribution in [0.2, 0.25) is 0 Å². The van der Waals surface area contributed by atoms with Crippen molar-refractivity contribution in [3.05, 3.63) is 98.7 Å². The number of carbonyl (C=O) groups excluding carboxylic acids is 1. The van der Waals surface area contributed by atoms with E-state index >= 15 is 0 Å². The Morgan fingerprint density at radius 1 is 1.03 bits per heavy atom. The van der Waals surface area contributed by atoms with Crippen molar-refractivity contribution < 1.29 is 14.7 Å². The molecule has 0 unspecified atom stereocenters. The molecular weight excluding hydrogens is 518 g/mol. The summed E-state index contributed by atoms with van der Waals surface area (Å²) >= 11 is 4.43. The quantitative estimate of drug-likeness (QED) is 0.246. The number of thioether (sulfide) groups is 1. The normalized spacial score (nSPS) is 10.9. The predicted molar refractivity (Wildman–Crippen MR) is 137 cm³/mol. The van der Waals surface area contributed by atoms with E-state index in [1.807, 2.05) is 36.4 Å². The maximum Gasteiger partial charge on any atom is 0.337 e. The van der Waals surface area contributed by atoms with Gasteiger partial charge in [0, 0.05) is 11.0 Å². The van der Waals surface area contributed by atoms with Gasteiger partial charge in [0.25, 0.3) is 5.56 Å². The lowest BCUT2D eigenvalue weighted by molar-refractivity contribution is -0.113. The van der Waals surface area contributed by atoms with Gasteiger partial charge in [-0.05, 0) is 42.3 Å². The number of amides is 1. The molecule has 172 valence electrons. The van der Waals surface area contributed by atoms with Crippen molar-refractivity contribution in [2.24, 2.45) is 0 Å². The first kappa shape index (κ1) is 23.7. The van der Waals surface area contributed by atoms with Crippen molar-refractivity contribution in [2.45, 2.75) is 18.1 Å². The van der Waals surface area contributed by atoms with Crippen LogP contribution < -0.4 is 10.9 Å². The highest BCUT2D eigenvalue weighted by atomic mass is 79.9. The summed E-state index contributed by atoms with van der Waals surface area (Å²) in [5, 5.41) is 13.0. The molecule has 4 rings (SSSR count). The molecule has 0 saturated heterocycles. The molecule has 1 aromatic heterocycles. The van der Waals surface area contributed by atoms with Crippen LogP contribution in [0.1, 0.15) is 15.9 Å². The molecule has 1 heterocycles. The Morgan fingerprint density at radius 2 is 1.76 bits per heavy atom. The molecule has 7 nitrogen and oxygen atoms in total. The van der Waals surface area contributed by atoms with Crippen molar-refractivity contribution >= 4 is 56.2 Å². The highest BCUT2D eigenvalue weighted by Crippen LogP contribution is 2.23. The number of hydrogen-bond acceptors (Lipinski definition) is 5. The van der Waals surface area contributed by atoms with Crippen LogP contribution in [0.15, 0.2) is 87.2 Å². The number of aryl methyl sites for hydroxylation is 1. The monoisotopic (exact) mass is 537 g/mol. The van der Waals surface area contributed by atoms with Crippen molar-refractivity contribution in [1.29, 1.82) is 0 Å². The van der Waals surface area contributed by atoms with Gasteiger partial charge < -0.3 is 10.4 Å². The number of carboxylic acid groups (broad SMARTS) is 1.